The van der Waals surface area contributed by atoms with Crippen LogP contribution in [-0.4, -0.2) is 47.5 Å². The van der Waals surface area contributed by atoms with E-state index in [2.05, 4.69) is 0 Å². The first kappa shape index (κ1) is 25.8. The van der Waals surface area contributed by atoms with E-state index in [9.17, 15) is 22.8 Å². The van der Waals surface area contributed by atoms with Crippen molar-refractivity contribution in [1.82, 2.24) is 4.90 Å². The lowest BCUT2D eigenvalue weighted by atomic mass is 10.1. The molecule has 0 aliphatic rings. The SMILES string of the molecule is CCOCCN(Cc1ccc(NC(=O)C(F)(F)F)cc1Oc1ccccc1)C(=O)C(Cl)Cl. The van der Waals surface area contributed by atoms with Crippen LogP contribution >= 0.6 is 23.2 Å². The highest BCUT2D eigenvalue weighted by Gasteiger charge is 2.38. The number of carbonyl (C=O) groups is 2. The summed E-state index contributed by atoms with van der Waals surface area (Å²) in [6.07, 6.45) is -5.04. The first-order valence-corrected chi connectivity index (χ1v) is 10.4. The van der Waals surface area contributed by atoms with E-state index >= 15 is 0 Å². The molecular weight excluding hydrogens is 472 g/mol. The molecule has 11 heteroatoms. The predicted molar refractivity (Wildman–Crippen MR) is 115 cm³/mol. The Morgan fingerprint density at radius 2 is 1.81 bits per heavy atom. The molecule has 0 fully saturated rings. The molecule has 174 valence electrons. The Morgan fingerprint density at radius 3 is 2.41 bits per heavy atom. The van der Waals surface area contributed by atoms with Gasteiger partial charge in [-0.1, -0.05) is 47.5 Å². The van der Waals surface area contributed by atoms with Gasteiger partial charge in [-0.15, -0.1) is 0 Å². The monoisotopic (exact) mass is 492 g/mol. The Kier molecular flexibility index (Phi) is 9.61. The number of amides is 2. The fraction of sp³-hybridized carbons (Fsp3) is 0.333. The van der Waals surface area contributed by atoms with Gasteiger partial charge in [-0.25, -0.2) is 0 Å². The van der Waals surface area contributed by atoms with Crippen LogP contribution in [0.1, 0.15) is 12.5 Å². The van der Waals surface area contributed by atoms with Crippen LogP contribution in [0.2, 0.25) is 0 Å². The van der Waals surface area contributed by atoms with Gasteiger partial charge in [-0.05, 0) is 25.1 Å². The van der Waals surface area contributed by atoms with Gasteiger partial charge in [0.05, 0.1) is 6.61 Å². The van der Waals surface area contributed by atoms with Crippen LogP contribution in [0.25, 0.3) is 0 Å². The molecule has 0 saturated heterocycles. The summed E-state index contributed by atoms with van der Waals surface area (Å²) in [6, 6.07) is 12.5. The number of hydrogen-bond acceptors (Lipinski definition) is 4. The fourth-order valence-electron chi connectivity index (χ4n) is 2.61. The average molecular weight is 493 g/mol. The van der Waals surface area contributed by atoms with Gasteiger partial charge in [0.15, 0.2) is 4.84 Å². The molecule has 0 aliphatic heterocycles. The maximum absolute atomic E-state index is 12.6. The minimum absolute atomic E-state index is 0.00247. The van der Waals surface area contributed by atoms with Gasteiger partial charge in [0.2, 0.25) is 0 Å². The molecule has 0 aromatic heterocycles. The Hall–Kier alpha value is -2.49. The maximum atomic E-state index is 12.6. The van der Waals surface area contributed by atoms with E-state index in [1.165, 1.54) is 23.1 Å². The standard InChI is InChI=1S/C21H21Cl2F3N2O4/c1-2-31-11-10-28(19(29)18(22)23)13-14-8-9-15(27-20(30)21(24,25)26)12-17(14)32-16-6-4-3-5-7-16/h3-9,12,18H,2,10-11,13H2,1H3,(H,27,30). The van der Waals surface area contributed by atoms with Gasteiger partial charge in [-0.2, -0.15) is 13.2 Å². The molecule has 2 amide bonds. The van der Waals surface area contributed by atoms with Crippen LogP contribution in [0.4, 0.5) is 18.9 Å². The number of nitrogens with one attached hydrogen (secondary N) is 1. The van der Waals surface area contributed by atoms with Gasteiger partial charge >= 0.3 is 12.1 Å². The molecular formula is C21H21Cl2F3N2O4. The summed E-state index contributed by atoms with van der Waals surface area (Å²) in [7, 11) is 0. The zero-order chi connectivity index (χ0) is 23.7. The smallest absolute Gasteiger partial charge is 0.457 e. The van der Waals surface area contributed by atoms with Crippen LogP contribution in [0.3, 0.4) is 0 Å². The number of nitrogens with zero attached hydrogens (tertiary/aromatic N) is 1. The van der Waals surface area contributed by atoms with Gasteiger partial charge < -0.3 is 19.7 Å². The Balaban J connectivity index is 2.35. The highest BCUT2D eigenvalue weighted by molar-refractivity contribution is 6.53. The molecule has 0 saturated carbocycles. The largest absolute Gasteiger partial charge is 0.471 e. The number of alkyl halides is 5. The van der Waals surface area contributed by atoms with Crippen LogP contribution in [-0.2, 0) is 20.9 Å². The lowest BCUT2D eigenvalue weighted by Crippen LogP contribution is -2.37. The second-order valence-corrected chi connectivity index (χ2v) is 7.54. The highest BCUT2D eigenvalue weighted by Crippen LogP contribution is 2.31. The number of carbonyl (C=O) groups excluding carboxylic acids is 2. The quantitative estimate of drug-likeness (QED) is 0.368. The zero-order valence-corrected chi connectivity index (χ0v) is 18.5. The molecule has 0 heterocycles. The molecule has 0 radical (unpaired) electrons. The van der Waals surface area contributed by atoms with Crippen molar-refractivity contribution in [1.29, 1.82) is 0 Å². The van der Waals surface area contributed by atoms with Crippen molar-refractivity contribution < 1.29 is 32.2 Å². The van der Waals surface area contributed by atoms with Crippen molar-refractivity contribution in [3.63, 3.8) is 0 Å². The van der Waals surface area contributed by atoms with Crippen molar-refractivity contribution in [3.8, 4) is 11.5 Å². The number of anilines is 1. The van der Waals surface area contributed by atoms with E-state index in [0.717, 1.165) is 0 Å². The summed E-state index contributed by atoms with van der Waals surface area (Å²) in [5.41, 5.74) is 0.333. The van der Waals surface area contributed by atoms with Crippen molar-refractivity contribution in [2.24, 2.45) is 0 Å². The molecule has 0 aliphatic carbocycles. The summed E-state index contributed by atoms with van der Waals surface area (Å²) in [6.45, 7) is 2.66. The van der Waals surface area contributed by atoms with E-state index in [1.807, 2.05) is 0 Å². The number of ether oxygens (including phenoxy) is 2. The van der Waals surface area contributed by atoms with E-state index < -0.39 is 22.8 Å². The lowest BCUT2D eigenvalue weighted by molar-refractivity contribution is -0.167. The first-order chi connectivity index (χ1) is 15.1. The summed E-state index contributed by atoms with van der Waals surface area (Å²) < 4.78 is 49.0. The topological polar surface area (TPSA) is 67.9 Å². The predicted octanol–water partition coefficient (Wildman–Crippen LogP) is 5.15. The number of hydrogen-bond donors (Lipinski definition) is 1. The minimum Gasteiger partial charge on any atom is -0.457 e. The highest BCUT2D eigenvalue weighted by atomic mass is 35.5. The van der Waals surface area contributed by atoms with Crippen molar-refractivity contribution in [2.45, 2.75) is 24.5 Å². The van der Waals surface area contributed by atoms with Crippen LogP contribution < -0.4 is 10.1 Å². The Labute approximate surface area is 193 Å². The van der Waals surface area contributed by atoms with E-state index in [4.69, 9.17) is 32.7 Å². The molecule has 2 aromatic carbocycles. The fourth-order valence-corrected chi connectivity index (χ4v) is 2.88. The summed E-state index contributed by atoms with van der Waals surface area (Å²) in [5.74, 6) is -2.12. The average Bonchev–Trinajstić information content (AvgIpc) is 2.74. The molecule has 1 N–H and O–H groups in total. The molecule has 0 bridgehead atoms. The molecule has 2 rings (SSSR count). The second kappa shape index (κ2) is 11.9. The molecule has 6 nitrogen and oxygen atoms in total. The number of para-hydroxylation sites is 1. The van der Waals surface area contributed by atoms with Crippen LogP contribution in [0, 0.1) is 0 Å². The number of rotatable bonds is 10. The molecule has 2 aromatic rings. The van der Waals surface area contributed by atoms with E-state index in [-0.39, 0.29) is 31.1 Å². The maximum Gasteiger partial charge on any atom is 0.471 e. The Bertz CT molecular complexity index is 912. The van der Waals surface area contributed by atoms with Gasteiger partial charge in [-0.3, -0.25) is 9.59 Å². The number of halogens is 5. The molecule has 0 unspecified atom stereocenters. The number of benzene rings is 2. The van der Waals surface area contributed by atoms with E-state index in [0.29, 0.717) is 17.9 Å². The zero-order valence-electron chi connectivity index (χ0n) is 17.0. The third kappa shape index (κ3) is 7.89. The molecule has 32 heavy (non-hydrogen) atoms. The summed E-state index contributed by atoms with van der Waals surface area (Å²) >= 11 is 11.5. The molecule has 0 atom stereocenters. The van der Waals surface area contributed by atoms with Gasteiger partial charge in [0.25, 0.3) is 5.91 Å². The minimum atomic E-state index is -5.04. The first-order valence-electron chi connectivity index (χ1n) is 9.50. The molecule has 0 spiro atoms. The second-order valence-electron chi connectivity index (χ2n) is 6.45. The van der Waals surface area contributed by atoms with Gasteiger partial charge in [0, 0.05) is 37.0 Å². The normalized spacial score (nSPS) is 11.3. The van der Waals surface area contributed by atoms with Crippen molar-refractivity contribution in [3.05, 3.63) is 54.1 Å². The van der Waals surface area contributed by atoms with E-state index in [1.54, 1.807) is 42.6 Å². The Morgan fingerprint density at radius 1 is 1.12 bits per heavy atom. The van der Waals surface area contributed by atoms with Crippen molar-refractivity contribution in [2.75, 3.05) is 25.1 Å². The van der Waals surface area contributed by atoms with Gasteiger partial charge in [0.1, 0.15) is 11.5 Å². The summed E-state index contributed by atoms with van der Waals surface area (Å²) in [5, 5.41) is 1.78. The summed E-state index contributed by atoms with van der Waals surface area (Å²) in [4.78, 5) is 23.8. The van der Waals surface area contributed by atoms with Crippen LogP contribution in [0.5, 0.6) is 11.5 Å². The van der Waals surface area contributed by atoms with Crippen LogP contribution in [0.15, 0.2) is 48.5 Å². The lowest BCUT2D eigenvalue weighted by Gasteiger charge is -2.24. The third-order valence-electron chi connectivity index (χ3n) is 4.12. The van der Waals surface area contributed by atoms with Crippen molar-refractivity contribution >= 4 is 40.7 Å². The third-order valence-corrected chi connectivity index (χ3v) is 4.50.